The molecule has 2 aliphatic carbocycles. The molecule has 0 aromatic heterocycles. The number of carbonyl (C=O) groups excluding carboxylic acids is 1. The molecule has 2 saturated carbocycles. The number of nitrogens with two attached hydrogens (primary N) is 1. The molecule has 1 saturated heterocycles. The maximum absolute atomic E-state index is 12.4. The Labute approximate surface area is 109 Å². The molecule has 102 valence electrons. The van der Waals surface area contributed by atoms with Gasteiger partial charge >= 0.3 is 0 Å². The lowest BCUT2D eigenvalue weighted by molar-refractivity contribution is -0.135. The topological polar surface area (TPSA) is 66.6 Å². The summed E-state index contributed by atoms with van der Waals surface area (Å²) in [6.45, 7) is 2.94. The van der Waals surface area contributed by atoms with Gasteiger partial charge in [-0.25, -0.2) is 0 Å². The maximum Gasteiger partial charge on any atom is 0.239 e. The van der Waals surface area contributed by atoms with Crippen LogP contribution in [0.5, 0.6) is 0 Å². The van der Waals surface area contributed by atoms with Crippen LogP contribution >= 0.6 is 0 Å². The molecule has 4 heteroatoms. The Bertz CT molecular complexity index is 345. The number of amides is 1. The largest absolute Gasteiger partial charge is 0.391 e. The van der Waals surface area contributed by atoms with Gasteiger partial charge in [0.2, 0.25) is 5.91 Å². The lowest BCUT2D eigenvalue weighted by Crippen LogP contribution is -2.50. The van der Waals surface area contributed by atoms with E-state index in [4.69, 9.17) is 5.73 Å². The first kappa shape index (κ1) is 12.4. The molecule has 3 N–H and O–H groups in total. The first-order valence-electron chi connectivity index (χ1n) is 7.37. The van der Waals surface area contributed by atoms with Crippen LogP contribution in [0.15, 0.2) is 0 Å². The van der Waals surface area contributed by atoms with Crippen LogP contribution in [0.2, 0.25) is 0 Å². The van der Waals surface area contributed by atoms with Gasteiger partial charge < -0.3 is 15.7 Å². The molecule has 3 fully saturated rings. The molecule has 1 amide bonds. The van der Waals surface area contributed by atoms with Crippen molar-refractivity contribution in [2.45, 2.75) is 57.2 Å². The monoisotopic (exact) mass is 252 g/mol. The minimum atomic E-state index is -0.367. The predicted molar refractivity (Wildman–Crippen MR) is 68.7 cm³/mol. The Hall–Kier alpha value is -0.610. The van der Waals surface area contributed by atoms with Crippen molar-refractivity contribution in [2.24, 2.45) is 23.5 Å². The van der Waals surface area contributed by atoms with Gasteiger partial charge in [0.05, 0.1) is 18.2 Å². The molecule has 3 aliphatic rings. The van der Waals surface area contributed by atoms with E-state index in [1.165, 1.54) is 0 Å². The number of unbranched alkanes of at least 4 members (excludes halogenated alkanes) is 1. The molecule has 0 radical (unpaired) electrons. The Morgan fingerprint density at radius 1 is 1.44 bits per heavy atom. The summed E-state index contributed by atoms with van der Waals surface area (Å²) in [5, 5.41) is 10.2. The first-order valence-corrected chi connectivity index (χ1v) is 7.37. The van der Waals surface area contributed by atoms with E-state index < -0.39 is 0 Å². The molecule has 1 heterocycles. The highest BCUT2D eigenvalue weighted by atomic mass is 16.3. The summed E-state index contributed by atoms with van der Waals surface area (Å²) in [7, 11) is 0. The number of aliphatic hydroxyl groups excluding tert-OH is 1. The highest BCUT2D eigenvalue weighted by Crippen LogP contribution is 2.54. The van der Waals surface area contributed by atoms with Gasteiger partial charge in [-0.15, -0.1) is 0 Å². The molecular formula is C14H24N2O2. The summed E-state index contributed by atoms with van der Waals surface area (Å²) >= 11 is 0. The maximum atomic E-state index is 12.4. The number of hydrogen-bond acceptors (Lipinski definition) is 3. The smallest absolute Gasteiger partial charge is 0.239 e. The van der Waals surface area contributed by atoms with E-state index >= 15 is 0 Å². The number of likely N-dealkylation sites (tertiary alicyclic amines) is 1. The Morgan fingerprint density at radius 3 is 2.89 bits per heavy atom. The first-order chi connectivity index (χ1) is 8.63. The summed E-state index contributed by atoms with van der Waals surface area (Å²) < 4.78 is 0. The molecule has 18 heavy (non-hydrogen) atoms. The second kappa shape index (κ2) is 4.49. The van der Waals surface area contributed by atoms with Crippen LogP contribution in [-0.4, -0.2) is 40.6 Å². The molecule has 6 unspecified atom stereocenters. The highest BCUT2D eigenvalue weighted by Gasteiger charge is 2.60. The SMILES string of the molecule is CCCCC(N)C(=O)N1CC2CC3CC2C1C3O. The summed E-state index contributed by atoms with van der Waals surface area (Å²) in [4.78, 5) is 14.3. The van der Waals surface area contributed by atoms with Crippen molar-refractivity contribution in [3.63, 3.8) is 0 Å². The molecule has 0 aromatic rings. The van der Waals surface area contributed by atoms with Crippen LogP contribution in [0.1, 0.15) is 39.0 Å². The third kappa shape index (κ3) is 1.69. The van der Waals surface area contributed by atoms with Crippen LogP contribution in [0.3, 0.4) is 0 Å². The van der Waals surface area contributed by atoms with Crippen molar-refractivity contribution in [3.8, 4) is 0 Å². The summed E-state index contributed by atoms with van der Waals surface area (Å²) in [5.41, 5.74) is 6.00. The minimum absolute atomic E-state index is 0.0718. The van der Waals surface area contributed by atoms with E-state index in [1.807, 2.05) is 4.90 Å². The minimum Gasteiger partial charge on any atom is -0.391 e. The van der Waals surface area contributed by atoms with Crippen LogP contribution in [-0.2, 0) is 4.79 Å². The quantitative estimate of drug-likeness (QED) is 0.775. The number of fused-ring (bicyclic) bond motifs is 1. The van der Waals surface area contributed by atoms with Crippen LogP contribution < -0.4 is 5.73 Å². The fourth-order valence-electron chi connectivity index (χ4n) is 4.43. The van der Waals surface area contributed by atoms with Crippen molar-refractivity contribution in [3.05, 3.63) is 0 Å². The summed E-state index contributed by atoms with van der Waals surface area (Å²) in [5.74, 6) is 1.69. The van der Waals surface area contributed by atoms with Crippen LogP contribution in [0.4, 0.5) is 0 Å². The Kier molecular flexibility index (Phi) is 3.10. The number of aliphatic hydroxyl groups is 1. The van der Waals surface area contributed by atoms with Gasteiger partial charge in [0.25, 0.3) is 0 Å². The standard InChI is InChI=1S/C14H24N2O2/c1-2-3-4-11(15)14(18)16-7-9-5-8-6-10(9)12(16)13(8)17/h8-13,17H,2-7,15H2,1H3. The average Bonchev–Trinajstić information content (AvgIpc) is 2.95. The fourth-order valence-corrected chi connectivity index (χ4v) is 4.43. The number of nitrogens with zero attached hydrogens (tertiary/aromatic N) is 1. The Balaban J connectivity index is 1.68. The van der Waals surface area contributed by atoms with Gasteiger partial charge in [0.15, 0.2) is 0 Å². The molecule has 4 nitrogen and oxygen atoms in total. The van der Waals surface area contributed by atoms with E-state index in [0.717, 1.165) is 38.6 Å². The highest BCUT2D eigenvalue weighted by molar-refractivity contribution is 5.82. The van der Waals surface area contributed by atoms with E-state index in [1.54, 1.807) is 0 Å². The number of hydrogen-bond donors (Lipinski definition) is 2. The predicted octanol–water partition coefficient (Wildman–Crippen LogP) is 0.732. The second-order valence-corrected chi connectivity index (χ2v) is 6.38. The zero-order chi connectivity index (χ0) is 12.9. The normalized spacial score (nSPS) is 42.6. The van der Waals surface area contributed by atoms with Crippen molar-refractivity contribution < 1.29 is 9.90 Å². The molecule has 0 aromatic carbocycles. The van der Waals surface area contributed by atoms with Crippen molar-refractivity contribution in [2.75, 3.05) is 6.54 Å². The molecular weight excluding hydrogens is 228 g/mol. The van der Waals surface area contributed by atoms with Crippen molar-refractivity contribution in [1.82, 2.24) is 4.90 Å². The second-order valence-electron chi connectivity index (χ2n) is 6.38. The van der Waals surface area contributed by atoms with E-state index in [9.17, 15) is 9.90 Å². The third-order valence-electron chi connectivity index (χ3n) is 5.32. The third-order valence-corrected chi connectivity index (χ3v) is 5.32. The van der Waals surface area contributed by atoms with Gasteiger partial charge in [-0.05, 0) is 37.0 Å². The van der Waals surface area contributed by atoms with Gasteiger partial charge in [-0.1, -0.05) is 19.8 Å². The average molecular weight is 252 g/mol. The molecule has 0 spiro atoms. The van der Waals surface area contributed by atoms with Gasteiger partial charge in [0.1, 0.15) is 0 Å². The van der Waals surface area contributed by atoms with Gasteiger partial charge in [-0.2, -0.15) is 0 Å². The zero-order valence-corrected chi connectivity index (χ0v) is 11.1. The molecule has 3 rings (SSSR count). The number of carbonyl (C=O) groups is 1. The van der Waals surface area contributed by atoms with E-state index in [-0.39, 0.29) is 24.1 Å². The zero-order valence-electron chi connectivity index (χ0n) is 11.1. The Morgan fingerprint density at radius 2 is 2.22 bits per heavy atom. The van der Waals surface area contributed by atoms with Gasteiger partial charge in [-0.3, -0.25) is 4.79 Å². The lowest BCUT2D eigenvalue weighted by atomic mass is 9.88. The molecule has 1 aliphatic heterocycles. The lowest BCUT2D eigenvalue weighted by Gasteiger charge is -2.30. The molecule has 2 bridgehead atoms. The summed E-state index contributed by atoms with van der Waals surface area (Å²) in [6.07, 6.45) is 4.77. The van der Waals surface area contributed by atoms with E-state index in [2.05, 4.69) is 6.92 Å². The van der Waals surface area contributed by atoms with Gasteiger partial charge in [0, 0.05) is 6.54 Å². The van der Waals surface area contributed by atoms with Crippen LogP contribution in [0.25, 0.3) is 0 Å². The van der Waals surface area contributed by atoms with Crippen LogP contribution in [0, 0.1) is 17.8 Å². The fraction of sp³-hybridized carbons (Fsp3) is 0.929. The molecule has 6 atom stereocenters. The van der Waals surface area contributed by atoms with E-state index in [0.29, 0.717) is 17.8 Å². The van der Waals surface area contributed by atoms with Crippen molar-refractivity contribution in [1.29, 1.82) is 0 Å². The number of rotatable bonds is 4. The van der Waals surface area contributed by atoms with Crippen molar-refractivity contribution >= 4 is 5.91 Å². The summed E-state index contributed by atoms with van der Waals surface area (Å²) in [6, 6.07) is -0.289.